The van der Waals surface area contributed by atoms with E-state index >= 15 is 0 Å². The Hall–Kier alpha value is -1.36. The summed E-state index contributed by atoms with van der Waals surface area (Å²) in [5.41, 5.74) is -0.185. The third-order valence-electron chi connectivity index (χ3n) is 2.40. The maximum absolute atomic E-state index is 11.4. The van der Waals surface area contributed by atoms with Crippen LogP contribution in [0.25, 0.3) is 0 Å². The van der Waals surface area contributed by atoms with Crippen molar-refractivity contribution in [3.05, 3.63) is 22.2 Å². The predicted molar refractivity (Wildman–Crippen MR) is 70.2 cm³/mol. The number of nitrogens with one attached hydrogen (secondary N) is 1. The van der Waals surface area contributed by atoms with Crippen molar-refractivity contribution in [3.63, 3.8) is 0 Å². The van der Waals surface area contributed by atoms with Crippen molar-refractivity contribution in [2.75, 3.05) is 19.8 Å². The number of hydrogen-bond acceptors (Lipinski definition) is 4. The monoisotopic (exact) mass is 254 g/mol. The molecule has 0 saturated heterocycles. The molecular formula is C13H22N2O3. The van der Waals surface area contributed by atoms with E-state index in [1.165, 1.54) is 6.07 Å². The quantitative estimate of drug-likeness (QED) is 0.721. The van der Waals surface area contributed by atoms with E-state index in [0.717, 1.165) is 19.4 Å². The highest BCUT2D eigenvalue weighted by atomic mass is 16.5. The lowest BCUT2D eigenvalue weighted by atomic mass is 10.2. The van der Waals surface area contributed by atoms with Gasteiger partial charge < -0.3 is 14.5 Å². The van der Waals surface area contributed by atoms with E-state index < -0.39 is 0 Å². The summed E-state index contributed by atoms with van der Waals surface area (Å²) in [5, 5.41) is 0. The van der Waals surface area contributed by atoms with Gasteiger partial charge in [-0.15, -0.1) is 0 Å². The molecule has 0 saturated carbocycles. The molecule has 1 aromatic heterocycles. The molecule has 0 amide bonds. The Morgan fingerprint density at radius 3 is 2.78 bits per heavy atom. The van der Waals surface area contributed by atoms with Crippen molar-refractivity contribution < 1.29 is 9.47 Å². The standard InChI is InChI=1S/C13H22N2O3/c1-4-5-6-17-7-8-18-12-9-11(16)14-13(15-12)10(2)3/h9-10H,4-8H2,1-3H3,(H,14,15,16). The SMILES string of the molecule is CCCCOCCOc1cc(=O)[nH]c(C(C)C)n1. The van der Waals surface area contributed by atoms with Gasteiger partial charge in [0, 0.05) is 12.5 Å². The molecule has 0 aliphatic carbocycles. The van der Waals surface area contributed by atoms with Crippen molar-refractivity contribution >= 4 is 0 Å². The minimum absolute atomic E-state index is 0.169. The molecule has 0 aromatic carbocycles. The summed E-state index contributed by atoms with van der Waals surface area (Å²) >= 11 is 0. The first-order valence-electron chi connectivity index (χ1n) is 6.45. The van der Waals surface area contributed by atoms with Crippen molar-refractivity contribution in [3.8, 4) is 5.88 Å². The molecule has 0 atom stereocenters. The van der Waals surface area contributed by atoms with Gasteiger partial charge in [0.05, 0.1) is 12.7 Å². The molecule has 0 unspecified atom stereocenters. The van der Waals surface area contributed by atoms with Gasteiger partial charge in [0.25, 0.3) is 5.56 Å². The Morgan fingerprint density at radius 2 is 2.11 bits per heavy atom. The van der Waals surface area contributed by atoms with Gasteiger partial charge in [-0.3, -0.25) is 4.79 Å². The molecule has 18 heavy (non-hydrogen) atoms. The summed E-state index contributed by atoms with van der Waals surface area (Å²) in [7, 11) is 0. The van der Waals surface area contributed by atoms with E-state index in [1.54, 1.807) is 0 Å². The van der Waals surface area contributed by atoms with E-state index in [-0.39, 0.29) is 11.5 Å². The minimum atomic E-state index is -0.185. The first kappa shape index (κ1) is 14.7. The molecule has 1 heterocycles. The van der Waals surface area contributed by atoms with Crippen LogP contribution < -0.4 is 10.3 Å². The summed E-state index contributed by atoms with van der Waals surface area (Å²) < 4.78 is 10.8. The third kappa shape index (κ3) is 5.31. The van der Waals surface area contributed by atoms with Gasteiger partial charge in [-0.1, -0.05) is 27.2 Å². The zero-order valence-electron chi connectivity index (χ0n) is 11.4. The molecule has 0 aliphatic heterocycles. The first-order chi connectivity index (χ1) is 8.63. The fraction of sp³-hybridized carbons (Fsp3) is 0.692. The topological polar surface area (TPSA) is 64.2 Å². The van der Waals surface area contributed by atoms with E-state index in [0.29, 0.717) is 24.9 Å². The van der Waals surface area contributed by atoms with Crippen LogP contribution in [0.1, 0.15) is 45.4 Å². The third-order valence-corrected chi connectivity index (χ3v) is 2.40. The summed E-state index contributed by atoms with van der Waals surface area (Å²) in [4.78, 5) is 18.3. The molecule has 0 radical (unpaired) electrons. The number of nitrogens with zero attached hydrogens (tertiary/aromatic N) is 1. The molecule has 5 nitrogen and oxygen atoms in total. The van der Waals surface area contributed by atoms with Crippen LogP contribution in [0.4, 0.5) is 0 Å². The van der Waals surface area contributed by atoms with E-state index in [1.807, 2.05) is 13.8 Å². The Morgan fingerprint density at radius 1 is 1.33 bits per heavy atom. The number of ether oxygens (including phenoxy) is 2. The van der Waals surface area contributed by atoms with Crippen molar-refractivity contribution in [2.24, 2.45) is 0 Å². The minimum Gasteiger partial charge on any atom is -0.475 e. The van der Waals surface area contributed by atoms with Crippen molar-refractivity contribution in [1.29, 1.82) is 0 Å². The lowest BCUT2D eigenvalue weighted by Crippen LogP contribution is -2.15. The normalized spacial score (nSPS) is 10.9. The molecule has 1 N–H and O–H groups in total. The highest BCUT2D eigenvalue weighted by molar-refractivity contribution is 5.10. The van der Waals surface area contributed by atoms with Crippen LogP contribution in [0.15, 0.2) is 10.9 Å². The molecular weight excluding hydrogens is 232 g/mol. The fourth-order valence-electron chi connectivity index (χ4n) is 1.35. The highest BCUT2D eigenvalue weighted by Crippen LogP contribution is 2.10. The maximum atomic E-state index is 11.4. The molecule has 0 aliphatic rings. The number of rotatable bonds is 8. The number of aromatic amines is 1. The second-order valence-corrected chi connectivity index (χ2v) is 4.44. The van der Waals surface area contributed by atoms with Crippen LogP contribution in [-0.2, 0) is 4.74 Å². The van der Waals surface area contributed by atoms with Gasteiger partial charge in [-0.05, 0) is 6.42 Å². The lowest BCUT2D eigenvalue weighted by molar-refractivity contribution is 0.0963. The Balaban J connectivity index is 2.40. The summed E-state index contributed by atoms with van der Waals surface area (Å²) in [6, 6.07) is 1.36. The van der Waals surface area contributed by atoms with Gasteiger partial charge in [-0.2, -0.15) is 4.98 Å². The van der Waals surface area contributed by atoms with Crippen LogP contribution in [0.3, 0.4) is 0 Å². The molecule has 0 spiro atoms. The zero-order chi connectivity index (χ0) is 13.4. The van der Waals surface area contributed by atoms with Crippen LogP contribution >= 0.6 is 0 Å². The average molecular weight is 254 g/mol. The van der Waals surface area contributed by atoms with Gasteiger partial charge >= 0.3 is 0 Å². The van der Waals surface area contributed by atoms with Crippen LogP contribution in [0, 0.1) is 0 Å². The number of unbranched alkanes of at least 4 members (excludes halogenated alkanes) is 1. The molecule has 1 rings (SSSR count). The molecule has 0 bridgehead atoms. The second-order valence-electron chi connectivity index (χ2n) is 4.44. The molecule has 5 heteroatoms. The average Bonchev–Trinajstić information content (AvgIpc) is 2.33. The summed E-state index contributed by atoms with van der Waals surface area (Å²) in [6.45, 7) is 7.74. The second kappa shape index (κ2) is 7.87. The predicted octanol–water partition coefficient (Wildman–Crippen LogP) is 2.09. The van der Waals surface area contributed by atoms with Gasteiger partial charge in [0.15, 0.2) is 0 Å². The number of aromatic nitrogens is 2. The Labute approximate surface area is 108 Å². The maximum Gasteiger partial charge on any atom is 0.254 e. The molecule has 0 fully saturated rings. The molecule has 102 valence electrons. The van der Waals surface area contributed by atoms with E-state index in [9.17, 15) is 4.79 Å². The number of hydrogen-bond donors (Lipinski definition) is 1. The van der Waals surface area contributed by atoms with E-state index in [2.05, 4.69) is 16.9 Å². The Kier molecular flexibility index (Phi) is 6.43. The van der Waals surface area contributed by atoms with Gasteiger partial charge in [-0.25, -0.2) is 0 Å². The summed E-state index contributed by atoms with van der Waals surface area (Å²) in [5.74, 6) is 1.17. The molecule has 1 aromatic rings. The Bertz CT molecular complexity index is 401. The van der Waals surface area contributed by atoms with E-state index in [4.69, 9.17) is 9.47 Å². The highest BCUT2D eigenvalue weighted by Gasteiger charge is 2.05. The van der Waals surface area contributed by atoms with Gasteiger partial charge in [0.1, 0.15) is 12.4 Å². The summed E-state index contributed by atoms with van der Waals surface area (Å²) in [6.07, 6.45) is 2.18. The smallest absolute Gasteiger partial charge is 0.254 e. The van der Waals surface area contributed by atoms with Crippen LogP contribution in [0.5, 0.6) is 5.88 Å². The first-order valence-corrected chi connectivity index (χ1v) is 6.45. The zero-order valence-corrected chi connectivity index (χ0v) is 11.4. The van der Waals surface area contributed by atoms with Gasteiger partial charge in [0.2, 0.25) is 5.88 Å². The van der Waals surface area contributed by atoms with Crippen LogP contribution in [0.2, 0.25) is 0 Å². The van der Waals surface area contributed by atoms with Crippen molar-refractivity contribution in [2.45, 2.75) is 39.5 Å². The number of H-pyrrole nitrogens is 1. The van der Waals surface area contributed by atoms with Crippen LogP contribution in [-0.4, -0.2) is 29.8 Å². The fourth-order valence-corrected chi connectivity index (χ4v) is 1.35. The largest absolute Gasteiger partial charge is 0.475 e. The van der Waals surface area contributed by atoms with Crippen molar-refractivity contribution in [1.82, 2.24) is 9.97 Å². The lowest BCUT2D eigenvalue weighted by Gasteiger charge is -2.08.